The Morgan fingerprint density at radius 3 is 2.94 bits per heavy atom. The molecule has 3 heterocycles. The molecule has 6 nitrogen and oxygen atoms in total. The fourth-order valence-corrected chi connectivity index (χ4v) is 1.81. The van der Waals surface area contributed by atoms with E-state index in [4.69, 9.17) is 4.84 Å². The van der Waals surface area contributed by atoms with E-state index in [1.54, 1.807) is 41.6 Å². The zero-order valence-electron chi connectivity index (χ0n) is 9.69. The van der Waals surface area contributed by atoms with Gasteiger partial charge in [-0.2, -0.15) is 0 Å². The third-order valence-corrected chi connectivity index (χ3v) is 2.74. The van der Waals surface area contributed by atoms with Crippen LogP contribution in [0.1, 0.15) is 16.8 Å². The smallest absolute Gasteiger partial charge is 0.278 e. The van der Waals surface area contributed by atoms with Crippen molar-refractivity contribution in [3.63, 3.8) is 0 Å². The summed E-state index contributed by atoms with van der Waals surface area (Å²) in [5, 5.41) is 1.38. The molecule has 1 aliphatic heterocycles. The molecule has 2 aromatic heterocycles. The summed E-state index contributed by atoms with van der Waals surface area (Å²) < 4.78 is 1.78. The topological polar surface area (TPSA) is 60.2 Å². The first-order valence-corrected chi connectivity index (χ1v) is 5.74. The molecule has 0 radical (unpaired) electrons. The largest absolute Gasteiger partial charge is 0.291 e. The number of amides is 1. The molecule has 0 saturated carbocycles. The van der Waals surface area contributed by atoms with Gasteiger partial charge in [-0.3, -0.25) is 14.2 Å². The van der Waals surface area contributed by atoms with Gasteiger partial charge in [-0.25, -0.2) is 15.0 Å². The first-order valence-electron chi connectivity index (χ1n) is 5.74. The second-order valence-electron chi connectivity index (χ2n) is 3.97. The third kappa shape index (κ3) is 1.98. The van der Waals surface area contributed by atoms with Gasteiger partial charge in [0.05, 0.1) is 18.7 Å². The van der Waals surface area contributed by atoms with Crippen LogP contribution >= 0.6 is 0 Å². The van der Waals surface area contributed by atoms with Gasteiger partial charge in [-0.15, -0.1) is 0 Å². The summed E-state index contributed by atoms with van der Waals surface area (Å²) in [6, 6.07) is 3.53. The molecule has 18 heavy (non-hydrogen) atoms. The van der Waals surface area contributed by atoms with Gasteiger partial charge in [0.15, 0.2) is 0 Å². The molecule has 6 heteroatoms. The molecule has 1 saturated heterocycles. The van der Waals surface area contributed by atoms with Crippen LogP contribution < -0.4 is 0 Å². The number of hydrogen-bond donors (Lipinski definition) is 0. The highest BCUT2D eigenvalue weighted by Gasteiger charge is 2.20. The first-order chi connectivity index (χ1) is 8.84. The van der Waals surface area contributed by atoms with Gasteiger partial charge in [0.25, 0.3) is 5.91 Å². The molecule has 1 fully saturated rings. The number of rotatable bonds is 2. The minimum Gasteiger partial charge on any atom is -0.291 e. The van der Waals surface area contributed by atoms with Gasteiger partial charge in [-0.05, 0) is 18.6 Å². The van der Waals surface area contributed by atoms with Crippen LogP contribution in [0.5, 0.6) is 0 Å². The highest BCUT2D eigenvalue weighted by Crippen LogP contribution is 2.12. The Bertz CT molecular complexity index is 530. The lowest BCUT2D eigenvalue weighted by Crippen LogP contribution is -2.26. The second kappa shape index (κ2) is 4.58. The number of nitrogens with zero attached hydrogens (tertiary/aromatic N) is 4. The van der Waals surface area contributed by atoms with Crippen LogP contribution in [0.3, 0.4) is 0 Å². The Kier molecular flexibility index (Phi) is 2.77. The molecular weight excluding hydrogens is 232 g/mol. The number of hydrogen-bond acceptors (Lipinski definition) is 4. The van der Waals surface area contributed by atoms with Crippen molar-refractivity contribution in [1.29, 1.82) is 0 Å². The summed E-state index contributed by atoms with van der Waals surface area (Å²) >= 11 is 0. The highest BCUT2D eigenvalue weighted by atomic mass is 16.7. The Morgan fingerprint density at radius 1 is 1.39 bits per heavy atom. The van der Waals surface area contributed by atoms with Crippen molar-refractivity contribution in [1.82, 2.24) is 19.6 Å². The maximum Gasteiger partial charge on any atom is 0.278 e. The average molecular weight is 244 g/mol. The monoisotopic (exact) mass is 244 g/mol. The van der Waals surface area contributed by atoms with Crippen molar-refractivity contribution in [2.45, 2.75) is 6.42 Å². The molecule has 0 spiro atoms. The molecule has 92 valence electrons. The van der Waals surface area contributed by atoms with Crippen LogP contribution in [0, 0.1) is 0 Å². The van der Waals surface area contributed by atoms with Crippen LogP contribution in [0.4, 0.5) is 0 Å². The van der Waals surface area contributed by atoms with Gasteiger partial charge < -0.3 is 0 Å². The third-order valence-electron chi connectivity index (χ3n) is 2.74. The molecule has 0 bridgehead atoms. The Labute approximate surface area is 104 Å². The SMILES string of the molecule is O=C(c1ccc(-n2ccnc2)nc1)N1CCCO1. The van der Waals surface area contributed by atoms with Crippen LogP contribution in [-0.2, 0) is 4.84 Å². The minimum absolute atomic E-state index is 0.141. The molecule has 1 aliphatic rings. The normalized spacial score (nSPS) is 15.0. The summed E-state index contributed by atoms with van der Waals surface area (Å²) in [7, 11) is 0. The number of aromatic nitrogens is 3. The fraction of sp³-hybridized carbons (Fsp3) is 0.250. The number of pyridine rings is 1. The predicted octanol–water partition coefficient (Wildman–Crippen LogP) is 1.04. The van der Waals surface area contributed by atoms with Crippen molar-refractivity contribution in [3.8, 4) is 5.82 Å². The maximum absolute atomic E-state index is 12.0. The van der Waals surface area contributed by atoms with E-state index >= 15 is 0 Å². The molecule has 2 aromatic rings. The maximum atomic E-state index is 12.0. The summed E-state index contributed by atoms with van der Waals surface area (Å²) in [5.41, 5.74) is 0.528. The summed E-state index contributed by atoms with van der Waals surface area (Å²) in [6.45, 7) is 1.24. The molecule has 0 unspecified atom stereocenters. The van der Waals surface area contributed by atoms with E-state index in [0.29, 0.717) is 18.7 Å². The van der Waals surface area contributed by atoms with E-state index < -0.39 is 0 Å². The van der Waals surface area contributed by atoms with E-state index in [1.807, 2.05) is 0 Å². The lowest BCUT2D eigenvalue weighted by Gasteiger charge is -2.13. The van der Waals surface area contributed by atoms with E-state index in [-0.39, 0.29) is 5.91 Å². The molecule has 0 aliphatic carbocycles. The standard InChI is InChI=1S/C12H12N4O2/c17-12(16-5-1-7-18-16)10-2-3-11(14-8-10)15-6-4-13-9-15/h2-4,6,8-9H,1,5,7H2. The van der Waals surface area contributed by atoms with Crippen molar-refractivity contribution >= 4 is 5.91 Å². The van der Waals surface area contributed by atoms with Crippen LogP contribution in [0.25, 0.3) is 5.82 Å². The van der Waals surface area contributed by atoms with Crippen LogP contribution in [-0.4, -0.2) is 38.7 Å². The van der Waals surface area contributed by atoms with E-state index in [9.17, 15) is 4.79 Å². The van der Waals surface area contributed by atoms with Gasteiger partial charge >= 0.3 is 0 Å². The number of carbonyl (C=O) groups is 1. The Hall–Kier alpha value is -2.21. The second-order valence-corrected chi connectivity index (χ2v) is 3.97. The summed E-state index contributed by atoms with van der Waals surface area (Å²) in [4.78, 5) is 25.4. The first kappa shape index (κ1) is 10.9. The Morgan fingerprint density at radius 2 is 2.33 bits per heavy atom. The molecule has 3 rings (SSSR count). The van der Waals surface area contributed by atoms with Crippen molar-refractivity contribution in [3.05, 3.63) is 42.6 Å². The minimum atomic E-state index is -0.141. The fourth-order valence-electron chi connectivity index (χ4n) is 1.81. The molecule has 0 aromatic carbocycles. The van der Waals surface area contributed by atoms with Gasteiger partial charge in [-0.1, -0.05) is 0 Å². The summed E-state index contributed by atoms with van der Waals surface area (Å²) in [6.07, 6.45) is 7.57. The predicted molar refractivity (Wildman–Crippen MR) is 63.0 cm³/mol. The zero-order chi connectivity index (χ0) is 12.4. The van der Waals surface area contributed by atoms with Crippen LogP contribution in [0.15, 0.2) is 37.1 Å². The quantitative estimate of drug-likeness (QED) is 0.792. The van der Waals surface area contributed by atoms with E-state index in [1.165, 1.54) is 5.06 Å². The molecule has 1 amide bonds. The van der Waals surface area contributed by atoms with E-state index in [2.05, 4.69) is 9.97 Å². The average Bonchev–Trinajstić information content (AvgIpc) is 3.11. The lowest BCUT2D eigenvalue weighted by molar-refractivity contribution is -0.0768. The van der Waals surface area contributed by atoms with E-state index in [0.717, 1.165) is 12.2 Å². The van der Waals surface area contributed by atoms with Crippen molar-refractivity contribution < 1.29 is 9.63 Å². The summed E-state index contributed by atoms with van der Waals surface area (Å²) in [5.74, 6) is 0.587. The van der Waals surface area contributed by atoms with Gasteiger partial charge in [0, 0.05) is 18.6 Å². The Balaban J connectivity index is 1.80. The van der Waals surface area contributed by atoms with Crippen molar-refractivity contribution in [2.24, 2.45) is 0 Å². The number of imidazole rings is 1. The van der Waals surface area contributed by atoms with Crippen LogP contribution in [0.2, 0.25) is 0 Å². The number of carbonyl (C=O) groups excluding carboxylic acids is 1. The lowest BCUT2D eigenvalue weighted by atomic mass is 10.2. The highest BCUT2D eigenvalue weighted by molar-refractivity contribution is 5.93. The molecular formula is C12H12N4O2. The number of hydroxylamine groups is 2. The van der Waals surface area contributed by atoms with Gasteiger partial charge in [0.1, 0.15) is 12.1 Å². The van der Waals surface area contributed by atoms with Crippen molar-refractivity contribution in [2.75, 3.05) is 13.2 Å². The zero-order valence-corrected chi connectivity index (χ0v) is 9.69. The molecule has 0 N–H and O–H groups in total. The van der Waals surface area contributed by atoms with Gasteiger partial charge in [0.2, 0.25) is 0 Å². The molecule has 0 atom stereocenters.